The van der Waals surface area contributed by atoms with Crippen molar-refractivity contribution in [3.8, 4) is 0 Å². The number of imide groups is 1. The van der Waals surface area contributed by atoms with Crippen LogP contribution in [-0.4, -0.2) is 28.5 Å². The van der Waals surface area contributed by atoms with Crippen LogP contribution in [0.3, 0.4) is 0 Å². The molecule has 1 N–H and O–H groups in total. The maximum absolute atomic E-state index is 12.6. The van der Waals surface area contributed by atoms with Crippen molar-refractivity contribution in [1.82, 2.24) is 4.90 Å². The second-order valence-electron chi connectivity index (χ2n) is 6.80. The van der Waals surface area contributed by atoms with E-state index in [9.17, 15) is 19.2 Å². The van der Waals surface area contributed by atoms with Crippen molar-refractivity contribution in [2.45, 2.75) is 6.92 Å². The molecule has 1 saturated heterocycles. The van der Waals surface area contributed by atoms with Gasteiger partial charge in [0.25, 0.3) is 11.1 Å². The van der Waals surface area contributed by atoms with Gasteiger partial charge in [-0.2, -0.15) is 0 Å². The smallest absolute Gasteiger partial charge is 0.336 e. The molecule has 2 heterocycles. The van der Waals surface area contributed by atoms with E-state index in [-0.39, 0.29) is 4.91 Å². The molecule has 1 fully saturated rings. The highest BCUT2D eigenvalue weighted by Gasteiger charge is 2.36. The Bertz CT molecular complexity index is 1330. The molecule has 0 bridgehead atoms. The molecule has 0 unspecified atom stereocenters. The Labute approximate surface area is 189 Å². The Balaban J connectivity index is 1.49. The molecule has 7 nitrogen and oxygen atoms in total. The van der Waals surface area contributed by atoms with Crippen LogP contribution in [0.4, 0.5) is 10.5 Å². The van der Waals surface area contributed by atoms with Crippen LogP contribution >= 0.6 is 27.7 Å². The molecule has 1 aromatic heterocycles. The Morgan fingerprint density at radius 2 is 1.94 bits per heavy atom. The summed E-state index contributed by atoms with van der Waals surface area (Å²) in [6, 6.07) is 13.6. The maximum Gasteiger partial charge on any atom is 0.336 e. The van der Waals surface area contributed by atoms with Crippen molar-refractivity contribution in [1.29, 1.82) is 0 Å². The van der Waals surface area contributed by atoms with Gasteiger partial charge in [0.1, 0.15) is 12.1 Å². The van der Waals surface area contributed by atoms with Crippen molar-refractivity contribution >= 4 is 67.5 Å². The Hall–Kier alpha value is -3.17. The zero-order valence-electron chi connectivity index (χ0n) is 16.2. The van der Waals surface area contributed by atoms with Crippen LogP contribution in [0.2, 0.25) is 0 Å². The largest absolute Gasteiger partial charge is 0.423 e. The lowest BCUT2D eigenvalue weighted by atomic mass is 10.1. The first-order chi connectivity index (χ1) is 14.8. The van der Waals surface area contributed by atoms with Crippen molar-refractivity contribution in [3.63, 3.8) is 0 Å². The van der Waals surface area contributed by atoms with E-state index >= 15 is 0 Å². The summed E-state index contributed by atoms with van der Waals surface area (Å²) < 4.78 is 5.96. The summed E-state index contributed by atoms with van der Waals surface area (Å²) in [5, 5.41) is 2.87. The summed E-state index contributed by atoms with van der Waals surface area (Å²) in [5.41, 5.74) is 1.76. The number of anilines is 1. The zero-order chi connectivity index (χ0) is 22.1. The SMILES string of the molecule is Cc1cc(=O)oc2cc(NC(=O)CN3C(=O)S/C(=C\c4ccccc4Br)C3=O)ccc12. The highest BCUT2D eigenvalue weighted by atomic mass is 79.9. The number of carbonyl (C=O) groups is 3. The number of fused-ring (bicyclic) bond motifs is 1. The highest BCUT2D eigenvalue weighted by Crippen LogP contribution is 2.33. The van der Waals surface area contributed by atoms with Crippen LogP contribution in [0, 0.1) is 6.92 Å². The molecular weight excluding hydrogens is 484 g/mol. The van der Waals surface area contributed by atoms with E-state index in [0.717, 1.165) is 37.6 Å². The van der Waals surface area contributed by atoms with Gasteiger partial charge in [0.05, 0.1) is 4.91 Å². The number of carbonyl (C=O) groups excluding carboxylic acids is 3. The summed E-state index contributed by atoms with van der Waals surface area (Å²) in [5.74, 6) is -1.07. The van der Waals surface area contributed by atoms with Gasteiger partial charge >= 0.3 is 5.63 Å². The van der Waals surface area contributed by atoms with Gasteiger partial charge in [-0.05, 0) is 54.1 Å². The predicted octanol–water partition coefficient (Wildman–Crippen LogP) is 4.54. The minimum absolute atomic E-state index is 0.243. The Morgan fingerprint density at radius 3 is 2.71 bits per heavy atom. The Morgan fingerprint density at radius 1 is 1.16 bits per heavy atom. The minimum Gasteiger partial charge on any atom is -0.423 e. The van der Waals surface area contributed by atoms with Crippen molar-refractivity contribution in [2.75, 3.05) is 11.9 Å². The number of thioether (sulfide) groups is 1. The van der Waals surface area contributed by atoms with Crippen LogP contribution in [0.25, 0.3) is 17.0 Å². The number of amides is 3. The average molecular weight is 499 g/mol. The van der Waals surface area contributed by atoms with Gasteiger partial charge in [-0.3, -0.25) is 19.3 Å². The summed E-state index contributed by atoms with van der Waals surface area (Å²) in [7, 11) is 0. The maximum atomic E-state index is 12.6. The number of halogens is 1. The topological polar surface area (TPSA) is 96.7 Å². The lowest BCUT2D eigenvalue weighted by molar-refractivity contribution is -0.127. The molecule has 0 aliphatic carbocycles. The van der Waals surface area contributed by atoms with Crippen LogP contribution in [0.5, 0.6) is 0 Å². The summed E-state index contributed by atoms with van der Waals surface area (Å²) in [4.78, 5) is 50.1. The first kappa shape index (κ1) is 21.1. The molecule has 156 valence electrons. The summed E-state index contributed by atoms with van der Waals surface area (Å²) in [6.07, 6.45) is 1.61. The standard InChI is InChI=1S/C22H15BrN2O5S/c1-12-8-20(27)30-17-10-14(6-7-15(12)17)24-19(26)11-25-21(28)18(31-22(25)29)9-13-4-2-3-5-16(13)23/h2-10H,11H2,1H3,(H,24,26)/b18-9-. The van der Waals surface area contributed by atoms with Gasteiger partial charge < -0.3 is 9.73 Å². The van der Waals surface area contributed by atoms with Crippen LogP contribution in [0.15, 0.2) is 67.1 Å². The minimum atomic E-state index is -0.543. The molecule has 0 radical (unpaired) electrons. The monoisotopic (exact) mass is 498 g/mol. The van der Waals surface area contributed by atoms with Crippen molar-refractivity contribution in [2.24, 2.45) is 0 Å². The number of benzene rings is 2. The number of aryl methyl sites for hydroxylation is 1. The zero-order valence-corrected chi connectivity index (χ0v) is 18.6. The molecule has 4 rings (SSSR count). The number of hydrogen-bond donors (Lipinski definition) is 1. The molecule has 9 heteroatoms. The quantitative estimate of drug-likeness (QED) is 0.418. The van der Waals surface area contributed by atoms with E-state index in [1.807, 2.05) is 24.3 Å². The van der Waals surface area contributed by atoms with Crippen molar-refractivity contribution in [3.05, 3.63) is 79.5 Å². The molecule has 0 saturated carbocycles. The molecule has 1 aliphatic heterocycles. The molecule has 3 aromatic rings. The predicted molar refractivity (Wildman–Crippen MR) is 123 cm³/mol. The van der Waals surface area contributed by atoms with Gasteiger partial charge in [0, 0.05) is 27.7 Å². The third-order valence-corrected chi connectivity index (χ3v) is 6.23. The second kappa shape index (κ2) is 8.52. The number of nitrogens with one attached hydrogen (secondary N) is 1. The highest BCUT2D eigenvalue weighted by molar-refractivity contribution is 9.10. The van der Waals surface area contributed by atoms with E-state index in [2.05, 4.69) is 21.2 Å². The fourth-order valence-corrected chi connectivity index (χ4v) is 4.34. The first-order valence-corrected chi connectivity index (χ1v) is 10.8. The van der Waals surface area contributed by atoms with E-state index in [1.54, 1.807) is 25.1 Å². The molecule has 1 aliphatic rings. The molecule has 0 atom stereocenters. The lowest BCUT2D eigenvalue weighted by Gasteiger charge is -2.12. The van der Waals surface area contributed by atoms with Crippen LogP contribution in [-0.2, 0) is 9.59 Å². The molecule has 31 heavy (non-hydrogen) atoms. The molecule has 2 aromatic carbocycles. The molecule has 3 amide bonds. The van der Waals surface area contributed by atoms with E-state index in [4.69, 9.17) is 4.42 Å². The number of nitrogens with zero attached hydrogens (tertiary/aromatic N) is 1. The lowest BCUT2D eigenvalue weighted by Crippen LogP contribution is -2.36. The van der Waals surface area contributed by atoms with E-state index < -0.39 is 29.2 Å². The number of rotatable bonds is 4. The van der Waals surface area contributed by atoms with Crippen LogP contribution in [0.1, 0.15) is 11.1 Å². The van der Waals surface area contributed by atoms with Crippen LogP contribution < -0.4 is 10.9 Å². The fourth-order valence-electron chi connectivity index (χ4n) is 3.12. The van der Waals surface area contributed by atoms with Gasteiger partial charge in [-0.15, -0.1) is 0 Å². The van der Waals surface area contributed by atoms with E-state index in [1.165, 1.54) is 12.1 Å². The number of hydrogen-bond acceptors (Lipinski definition) is 6. The first-order valence-electron chi connectivity index (χ1n) is 9.16. The van der Waals surface area contributed by atoms with Gasteiger partial charge in [0.2, 0.25) is 5.91 Å². The normalized spacial score (nSPS) is 15.2. The molecular formula is C22H15BrN2O5S. The van der Waals surface area contributed by atoms with Gasteiger partial charge in [0.15, 0.2) is 0 Å². The summed E-state index contributed by atoms with van der Waals surface area (Å²) >= 11 is 4.19. The third-order valence-electron chi connectivity index (χ3n) is 4.60. The summed E-state index contributed by atoms with van der Waals surface area (Å²) in [6.45, 7) is 1.37. The average Bonchev–Trinajstić information content (AvgIpc) is 2.96. The van der Waals surface area contributed by atoms with E-state index in [0.29, 0.717) is 11.3 Å². The third kappa shape index (κ3) is 4.47. The molecule has 0 spiro atoms. The van der Waals surface area contributed by atoms with Crippen molar-refractivity contribution < 1.29 is 18.8 Å². The van der Waals surface area contributed by atoms with Gasteiger partial charge in [-0.1, -0.05) is 34.1 Å². The fraction of sp³-hybridized carbons (Fsp3) is 0.0909. The Kier molecular flexibility index (Phi) is 5.79. The second-order valence-corrected chi connectivity index (χ2v) is 8.64. The van der Waals surface area contributed by atoms with Gasteiger partial charge in [-0.25, -0.2) is 4.79 Å².